The van der Waals surface area contributed by atoms with Crippen molar-refractivity contribution in [1.29, 1.82) is 0 Å². The van der Waals surface area contributed by atoms with Gasteiger partial charge in [0.1, 0.15) is 5.78 Å². The van der Waals surface area contributed by atoms with Crippen molar-refractivity contribution in [1.82, 2.24) is 0 Å². The molecule has 0 aromatic rings. The van der Waals surface area contributed by atoms with Crippen LogP contribution in [0.25, 0.3) is 0 Å². The summed E-state index contributed by atoms with van der Waals surface area (Å²) in [5.41, 5.74) is -0.0228. The van der Waals surface area contributed by atoms with Crippen LogP contribution in [0.2, 0.25) is 0 Å². The number of fused-ring (bicyclic) bond motifs is 5. The summed E-state index contributed by atoms with van der Waals surface area (Å²) < 4.78 is 12.1. The topological polar surface area (TPSA) is 35.5 Å². The molecule has 1 aliphatic heterocycles. The second-order valence-corrected chi connectivity index (χ2v) is 6.85. The molecule has 2 bridgehead atoms. The fourth-order valence-corrected chi connectivity index (χ4v) is 4.19. The maximum Gasteiger partial charge on any atom is 0.163 e. The Morgan fingerprint density at radius 1 is 1.00 bits per heavy atom. The fraction of sp³-hybridized carbons (Fsp3) is 0.923. The first kappa shape index (κ1) is 10.7. The Kier molecular flexibility index (Phi) is 1.81. The van der Waals surface area contributed by atoms with E-state index in [-0.39, 0.29) is 23.0 Å². The van der Waals surface area contributed by atoms with Crippen LogP contribution in [0.3, 0.4) is 0 Å². The van der Waals surface area contributed by atoms with Crippen molar-refractivity contribution in [3.05, 3.63) is 0 Å². The SMILES string of the molecule is CC1(C)O[C@@H]2[C@H](O1)[C@@]1(C)CC(=O)C[C@]2(C)C1. The van der Waals surface area contributed by atoms with Crippen LogP contribution in [0.1, 0.15) is 47.0 Å². The third kappa shape index (κ3) is 1.25. The zero-order valence-corrected chi connectivity index (χ0v) is 10.5. The number of ketones is 1. The Hall–Kier alpha value is -0.410. The first-order chi connectivity index (χ1) is 7.24. The Labute approximate surface area is 96.5 Å². The zero-order chi connectivity index (χ0) is 11.8. The molecule has 0 spiro atoms. The number of Topliss-reactive ketones (excluding diaryl/α,β-unsaturated/α-hetero) is 1. The minimum absolute atomic E-state index is 0.0114. The molecular formula is C13H20O3. The number of ether oxygens (including phenoxy) is 2. The number of hydrogen-bond donors (Lipinski definition) is 0. The average molecular weight is 224 g/mol. The van der Waals surface area contributed by atoms with Gasteiger partial charge in [0.15, 0.2) is 5.79 Å². The van der Waals surface area contributed by atoms with Crippen LogP contribution in [-0.4, -0.2) is 23.8 Å². The number of carbonyl (C=O) groups is 1. The van der Waals surface area contributed by atoms with Crippen molar-refractivity contribution in [3.63, 3.8) is 0 Å². The van der Waals surface area contributed by atoms with E-state index in [4.69, 9.17) is 9.47 Å². The highest BCUT2D eigenvalue weighted by atomic mass is 16.8. The van der Waals surface area contributed by atoms with Crippen molar-refractivity contribution >= 4 is 5.78 Å². The van der Waals surface area contributed by atoms with Gasteiger partial charge < -0.3 is 9.47 Å². The summed E-state index contributed by atoms with van der Waals surface area (Å²) in [4.78, 5) is 11.8. The molecule has 3 fully saturated rings. The maximum absolute atomic E-state index is 11.8. The summed E-state index contributed by atoms with van der Waals surface area (Å²) in [7, 11) is 0. The lowest BCUT2D eigenvalue weighted by atomic mass is 9.69. The second kappa shape index (κ2) is 2.70. The third-order valence-electron chi connectivity index (χ3n) is 4.48. The largest absolute Gasteiger partial charge is 0.344 e. The highest BCUT2D eigenvalue weighted by molar-refractivity contribution is 5.81. The Morgan fingerprint density at radius 3 is 1.88 bits per heavy atom. The molecule has 1 saturated heterocycles. The minimum atomic E-state index is -0.487. The lowest BCUT2D eigenvalue weighted by Crippen LogP contribution is -2.38. The van der Waals surface area contributed by atoms with Crippen molar-refractivity contribution < 1.29 is 14.3 Å². The maximum atomic E-state index is 11.8. The molecule has 3 rings (SSSR count). The molecule has 0 radical (unpaired) electrons. The average Bonchev–Trinajstić information content (AvgIpc) is 2.45. The standard InChI is InChI=1S/C13H20O3/c1-11(2)15-9-10(16-11)13(4)6-8(14)5-12(9,3)7-13/h9-10H,5-7H2,1-4H3/t9-,10+,12-,13+. The van der Waals surface area contributed by atoms with Crippen LogP contribution in [0.4, 0.5) is 0 Å². The molecule has 0 N–H and O–H groups in total. The van der Waals surface area contributed by atoms with E-state index in [0.29, 0.717) is 18.6 Å². The van der Waals surface area contributed by atoms with Crippen molar-refractivity contribution in [2.24, 2.45) is 10.8 Å². The Bertz CT molecular complexity index is 332. The molecule has 1 heterocycles. The minimum Gasteiger partial charge on any atom is -0.344 e. The molecule has 2 saturated carbocycles. The van der Waals surface area contributed by atoms with E-state index in [0.717, 1.165) is 6.42 Å². The van der Waals surface area contributed by atoms with E-state index in [1.807, 2.05) is 13.8 Å². The van der Waals surface area contributed by atoms with E-state index in [1.165, 1.54) is 0 Å². The van der Waals surface area contributed by atoms with Gasteiger partial charge in [-0.25, -0.2) is 0 Å². The van der Waals surface area contributed by atoms with E-state index in [1.54, 1.807) is 0 Å². The fourth-order valence-electron chi connectivity index (χ4n) is 4.19. The molecule has 4 atom stereocenters. The van der Waals surface area contributed by atoms with Gasteiger partial charge in [-0.05, 0) is 20.3 Å². The molecular weight excluding hydrogens is 204 g/mol. The van der Waals surface area contributed by atoms with Gasteiger partial charge in [0.2, 0.25) is 0 Å². The lowest BCUT2D eigenvalue weighted by molar-refractivity contribution is -0.183. The van der Waals surface area contributed by atoms with Gasteiger partial charge in [-0.15, -0.1) is 0 Å². The summed E-state index contributed by atoms with van der Waals surface area (Å²) >= 11 is 0. The van der Waals surface area contributed by atoms with Crippen LogP contribution in [0, 0.1) is 10.8 Å². The highest BCUT2D eigenvalue weighted by Gasteiger charge is 2.66. The predicted molar refractivity (Wildman–Crippen MR) is 58.9 cm³/mol. The molecule has 90 valence electrons. The molecule has 16 heavy (non-hydrogen) atoms. The van der Waals surface area contributed by atoms with Crippen LogP contribution in [-0.2, 0) is 14.3 Å². The van der Waals surface area contributed by atoms with E-state index >= 15 is 0 Å². The van der Waals surface area contributed by atoms with Gasteiger partial charge in [0, 0.05) is 23.7 Å². The van der Waals surface area contributed by atoms with Crippen LogP contribution in [0.15, 0.2) is 0 Å². The third-order valence-corrected chi connectivity index (χ3v) is 4.48. The normalized spacial score (nSPS) is 54.1. The molecule has 0 unspecified atom stereocenters. The molecule has 3 heteroatoms. The number of hydrogen-bond acceptors (Lipinski definition) is 3. The first-order valence-electron chi connectivity index (χ1n) is 6.12. The van der Waals surface area contributed by atoms with Gasteiger partial charge in [0.25, 0.3) is 0 Å². The second-order valence-electron chi connectivity index (χ2n) is 6.85. The van der Waals surface area contributed by atoms with Crippen LogP contribution >= 0.6 is 0 Å². The van der Waals surface area contributed by atoms with Crippen molar-refractivity contribution in [2.75, 3.05) is 0 Å². The van der Waals surface area contributed by atoms with Gasteiger partial charge in [-0.2, -0.15) is 0 Å². The monoisotopic (exact) mass is 224 g/mol. The molecule has 2 aliphatic carbocycles. The molecule has 3 aliphatic rings. The van der Waals surface area contributed by atoms with Gasteiger partial charge in [0.05, 0.1) is 12.2 Å². The summed E-state index contributed by atoms with van der Waals surface area (Å²) in [6, 6.07) is 0. The van der Waals surface area contributed by atoms with Crippen LogP contribution in [0.5, 0.6) is 0 Å². The Morgan fingerprint density at radius 2 is 1.44 bits per heavy atom. The van der Waals surface area contributed by atoms with Gasteiger partial charge in [-0.3, -0.25) is 4.79 Å². The highest BCUT2D eigenvalue weighted by Crippen LogP contribution is 2.62. The smallest absolute Gasteiger partial charge is 0.163 e. The summed E-state index contributed by atoms with van der Waals surface area (Å²) in [6.45, 7) is 8.29. The van der Waals surface area contributed by atoms with Crippen molar-refractivity contribution in [2.45, 2.75) is 65.0 Å². The quantitative estimate of drug-likeness (QED) is 0.633. The summed E-state index contributed by atoms with van der Waals surface area (Å²) in [5.74, 6) is -0.116. The van der Waals surface area contributed by atoms with Gasteiger partial charge in [-0.1, -0.05) is 13.8 Å². The van der Waals surface area contributed by atoms with Crippen molar-refractivity contribution in [3.8, 4) is 0 Å². The van der Waals surface area contributed by atoms with E-state index < -0.39 is 5.79 Å². The Balaban J connectivity index is 2.02. The summed E-state index contributed by atoms with van der Waals surface area (Å²) in [5, 5.41) is 0. The molecule has 0 amide bonds. The number of carbonyl (C=O) groups excluding carboxylic acids is 1. The molecule has 0 aromatic heterocycles. The van der Waals surface area contributed by atoms with Gasteiger partial charge >= 0.3 is 0 Å². The van der Waals surface area contributed by atoms with Crippen LogP contribution < -0.4 is 0 Å². The lowest BCUT2D eigenvalue weighted by Gasteiger charge is -2.38. The number of rotatable bonds is 0. The molecule has 0 aromatic carbocycles. The first-order valence-corrected chi connectivity index (χ1v) is 6.12. The predicted octanol–water partition coefficient (Wildman–Crippen LogP) is 2.29. The zero-order valence-electron chi connectivity index (χ0n) is 10.5. The van der Waals surface area contributed by atoms with E-state index in [9.17, 15) is 4.79 Å². The summed E-state index contributed by atoms with van der Waals surface area (Å²) in [6.07, 6.45) is 2.56. The van der Waals surface area contributed by atoms with E-state index in [2.05, 4.69) is 13.8 Å². The molecule has 3 nitrogen and oxygen atoms in total.